The van der Waals surface area contributed by atoms with Crippen LogP contribution in [0.2, 0.25) is 0 Å². The molecule has 1 aliphatic rings. The highest BCUT2D eigenvalue weighted by molar-refractivity contribution is 5.83. The Morgan fingerprint density at radius 3 is 2.74 bits per heavy atom. The number of likely N-dealkylation sites (tertiary alicyclic amines) is 1. The quantitative estimate of drug-likeness (QED) is 0.740. The van der Waals surface area contributed by atoms with Crippen LogP contribution in [0.5, 0.6) is 0 Å². The molecule has 0 aromatic heterocycles. The first-order valence-corrected chi connectivity index (χ1v) is 7.17. The Balaban J connectivity index is 2.63. The number of nitrogens with zero attached hydrogens (tertiary/aromatic N) is 1. The summed E-state index contributed by atoms with van der Waals surface area (Å²) in [5.74, 6) is -0.560. The van der Waals surface area contributed by atoms with Crippen LogP contribution in [0.15, 0.2) is 0 Å². The third kappa shape index (κ3) is 5.19. The van der Waals surface area contributed by atoms with Gasteiger partial charge in [-0.2, -0.15) is 0 Å². The van der Waals surface area contributed by atoms with Crippen molar-refractivity contribution in [1.82, 2.24) is 10.2 Å². The van der Waals surface area contributed by atoms with E-state index in [0.29, 0.717) is 12.6 Å². The van der Waals surface area contributed by atoms with Gasteiger partial charge in [-0.1, -0.05) is 19.8 Å². The van der Waals surface area contributed by atoms with Gasteiger partial charge in [0, 0.05) is 19.5 Å². The zero-order valence-corrected chi connectivity index (χ0v) is 12.3. The molecule has 0 aromatic carbocycles. The van der Waals surface area contributed by atoms with Crippen LogP contribution < -0.4 is 5.32 Å². The van der Waals surface area contributed by atoms with E-state index in [9.17, 15) is 9.59 Å². The van der Waals surface area contributed by atoms with Gasteiger partial charge in [-0.3, -0.25) is 9.69 Å². The second kappa shape index (κ2) is 8.15. The smallest absolute Gasteiger partial charge is 0.329 e. The number of hydrogen-bond donors (Lipinski definition) is 1. The van der Waals surface area contributed by atoms with Crippen molar-refractivity contribution in [1.29, 1.82) is 0 Å². The number of esters is 1. The molecule has 2 atom stereocenters. The third-order valence-electron chi connectivity index (χ3n) is 3.65. The zero-order chi connectivity index (χ0) is 14.3. The fourth-order valence-corrected chi connectivity index (χ4v) is 2.76. The Kier molecular flexibility index (Phi) is 6.84. The Hall–Kier alpha value is -1.10. The molecule has 19 heavy (non-hydrogen) atoms. The van der Waals surface area contributed by atoms with E-state index in [1.807, 2.05) is 0 Å². The molecule has 5 nitrogen and oxygen atoms in total. The van der Waals surface area contributed by atoms with Crippen LogP contribution >= 0.6 is 0 Å². The predicted molar refractivity (Wildman–Crippen MR) is 73.7 cm³/mol. The SMILES string of the molecule is CCCC1CCCCN1CC(NC(C)=O)C(=O)OC. The van der Waals surface area contributed by atoms with Gasteiger partial charge in [0.2, 0.25) is 5.91 Å². The largest absolute Gasteiger partial charge is 0.467 e. The highest BCUT2D eigenvalue weighted by atomic mass is 16.5. The predicted octanol–water partition coefficient (Wildman–Crippen LogP) is 1.32. The maximum atomic E-state index is 11.7. The van der Waals surface area contributed by atoms with Crippen molar-refractivity contribution in [2.45, 2.75) is 58.0 Å². The van der Waals surface area contributed by atoms with Crippen LogP contribution in [0.1, 0.15) is 46.0 Å². The first-order chi connectivity index (χ1) is 9.08. The average molecular weight is 270 g/mol. The van der Waals surface area contributed by atoms with Crippen molar-refractivity contribution < 1.29 is 14.3 Å². The van der Waals surface area contributed by atoms with Gasteiger partial charge in [-0.05, 0) is 25.8 Å². The first-order valence-electron chi connectivity index (χ1n) is 7.17. The number of amides is 1. The minimum atomic E-state index is -0.556. The molecule has 0 aromatic rings. The normalized spacial score (nSPS) is 21.7. The van der Waals surface area contributed by atoms with Gasteiger partial charge in [-0.15, -0.1) is 0 Å². The Labute approximate surface area is 115 Å². The summed E-state index contributed by atoms with van der Waals surface area (Å²) in [6.45, 7) is 5.16. The molecule has 0 spiro atoms. The topological polar surface area (TPSA) is 58.6 Å². The van der Waals surface area contributed by atoms with Crippen molar-refractivity contribution in [2.75, 3.05) is 20.2 Å². The number of hydrogen-bond acceptors (Lipinski definition) is 4. The number of nitrogens with one attached hydrogen (secondary N) is 1. The molecular weight excluding hydrogens is 244 g/mol. The van der Waals surface area contributed by atoms with Gasteiger partial charge in [0.05, 0.1) is 7.11 Å². The van der Waals surface area contributed by atoms with Gasteiger partial charge in [0.15, 0.2) is 0 Å². The van der Waals surface area contributed by atoms with Crippen LogP contribution in [0.25, 0.3) is 0 Å². The summed E-state index contributed by atoms with van der Waals surface area (Å²) in [5, 5.41) is 2.69. The van der Waals surface area contributed by atoms with Gasteiger partial charge in [0.25, 0.3) is 0 Å². The summed E-state index contributed by atoms with van der Waals surface area (Å²) < 4.78 is 4.77. The van der Waals surface area contributed by atoms with Crippen LogP contribution in [0, 0.1) is 0 Å². The van der Waals surface area contributed by atoms with Gasteiger partial charge >= 0.3 is 5.97 Å². The van der Waals surface area contributed by atoms with Gasteiger partial charge < -0.3 is 10.1 Å². The molecule has 1 N–H and O–H groups in total. The Morgan fingerprint density at radius 2 is 2.16 bits per heavy atom. The van der Waals surface area contributed by atoms with Crippen molar-refractivity contribution >= 4 is 11.9 Å². The molecule has 1 heterocycles. The van der Waals surface area contributed by atoms with Crippen LogP contribution in [-0.4, -0.2) is 49.1 Å². The molecule has 1 aliphatic heterocycles. The summed E-state index contributed by atoms with van der Waals surface area (Å²) in [5.41, 5.74) is 0. The summed E-state index contributed by atoms with van der Waals surface area (Å²) >= 11 is 0. The summed E-state index contributed by atoms with van der Waals surface area (Å²) in [4.78, 5) is 25.2. The number of piperidine rings is 1. The molecule has 0 aliphatic carbocycles. The van der Waals surface area contributed by atoms with E-state index >= 15 is 0 Å². The molecule has 2 unspecified atom stereocenters. The molecule has 0 saturated carbocycles. The third-order valence-corrected chi connectivity index (χ3v) is 3.65. The standard InChI is InChI=1S/C14H26N2O3/c1-4-7-12-8-5-6-9-16(12)10-13(14(18)19-3)15-11(2)17/h12-13H,4-10H2,1-3H3,(H,15,17). The fraction of sp³-hybridized carbons (Fsp3) is 0.857. The van der Waals surface area contributed by atoms with Crippen molar-refractivity contribution in [3.05, 3.63) is 0 Å². The lowest BCUT2D eigenvalue weighted by Gasteiger charge is -2.37. The van der Waals surface area contributed by atoms with E-state index in [-0.39, 0.29) is 11.9 Å². The number of ether oxygens (including phenoxy) is 1. The summed E-state index contributed by atoms with van der Waals surface area (Å²) in [6, 6.07) is -0.0281. The molecule has 1 rings (SSSR count). The van der Waals surface area contributed by atoms with Crippen LogP contribution in [0.3, 0.4) is 0 Å². The number of carbonyl (C=O) groups excluding carboxylic acids is 2. The van der Waals surface area contributed by atoms with E-state index in [2.05, 4.69) is 17.1 Å². The van der Waals surface area contributed by atoms with Gasteiger partial charge in [0.1, 0.15) is 6.04 Å². The van der Waals surface area contributed by atoms with Crippen LogP contribution in [0.4, 0.5) is 0 Å². The van der Waals surface area contributed by atoms with Crippen LogP contribution in [-0.2, 0) is 14.3 Å². The second-order valence-electron chi connectivity index (χ2n) is 5.21. The van der Waals surface area contributed by atoms with E-state index < -0.39 is 6.04 Å². The maximum Gasteiger partial charge on any atom is 0.329 e. The monoisotopic (exact) mass is 270 g/mol. The molecule has 1 amide bonds. The molecule has 0 bridgehead atoms. The van der Waals surface area contributed by atoms with Crippen molar-refractivity contribution in [3.63, 3.8) is 0 Å². The highest BCUT2D eigenvalue weighted by Gasteiger charge is 2.28. The van der Waals surface area contributed by atoms with E-state index in [1.54, 1.807) is 0 Å². The summed E-state index contributed by atoms with van der Waals surface area (Å²) in [6.07, 6.45) is 5.89. The molecule has 0 radical (unpaired) electrons. The first kappa shape index (κ1) is 16.0. The van der Waals surface area contributed by atoms with Crippen molar-refractivity contribution in [2.24, 2.45) is 0 Å². The van der Waals surface area contributed by atoms with Gasteiger partial charge in [-0.25, -0.2) is 4.79 Å². The number of rotatable bonds is 6. The molecular formula is C14H26N2O3. The fourth-order valence-electron chi connectivity index (χ4n) is 2.76. The minimum absolute atomic E-state index is 0.195. The average Bonchev–Trinajstić information content (AvgIpc) is 2.39. The second-order valence-corrected chi connectivity index (χ2v) is 5.21. The molecule has 110 valence electrons. The highest BCUT2D eigenvalue weighted by Crippen LogP contribution is 2.21. The molecule has 1 fully saturated rings. The molecule has 1 saturated heterocycles. The Bertz CT molecular complexity index is 305. The zero-order valence-electron chi connectivity index (χ0n) is 12.3. The molecule has 5 heteroatoms. The maximum absolute atomic E-state index is 11.7. The number of carbonyl (C=O) groups is 2. The Morgan fingerprint density at radius 1 is 1.42 bits per heavy atom. The lowest BCUT2D eigenvalue weighted by Crippen LogP contribution is -2.52. The number of methoxy groups -OCH3 is 1. The summed E-state index contributed by atoms with van der Waals surface area (Å²) in [7, 11) is 1.36. The van der Waals surface area contributed by atoms with E-state index in [1.165, 1.54) is 26.9 Å². The van der Waals surface area contributed by atoms with Crippen molar-refractivity contribution in [3.8, 4) is 0 Å². The lowest BCUT2D eigenvalue weighted by molar-refractivity contribution is -0.145. The minimum Gasteiger partial charge on any atom is -0.467 e. The van der Waals surface area contributed by atoms with E-state index in [4.69, 9.17) is 4.74 Å². The van der Waals surface area contributed by atoms with E-state index in [0.717, 1.165) is 25.8 Å². The lowest BCUT2D eigenvalue weighted by atomic mass is 9.97.